The number of amides is 2. The molecule has 2 amide bonds. The maximum atomic E-state index is 12.4. The maximum Gasteiger partial charge on any atom is 0.226 e. The molecule has 1 N–H and O–H groups in total. The molecule has 6 nitrogen and oxygen atoms in total. The van der Waals surface area contributed by atoms with Crippen molar-refractivity contribution >= 4 is 17.5 Å². The zero-order valence-corrected chi connectivity index (χ0v) is 16.2. The van der Waals surface area contributed by atoms with E-state index in [9.17, 15) is 9.59 Å². The molecule has 0 aliphatic rings. The molecule has 0 heterocycles. The largest absolute Gasteiger partial charge is 0.496 e. The Balaban J connectivity index is 2.00. The highest BCUT2D eigenvalue weighted by molar-refractivity contribution is 5.92. The van der Waals surface area contributed by atoms with E-state index in [1.54, 1.807) is 19.1 Å². The molecule has 0 fully saturated rings. The maximum absolute atomic E-state index is 12.4. The van der Waals surface area contributed by atoms with Gasteiger partial charge in [-0.2, -0.15) is 0 Å². The Morgan fingerprint density at radius 1 is 1.04 bits per heavy atom. The van der Waals surface area contributed by atoms with Gasteiger partial charge < -0.3 is 19.7 Å². The van der Waals surface area contributed by atoms with Crippen molar-refractivity contribution in [3.8, 4) is 11.5 Å². The summed E-state index contributed by atoms with van der Waals surface area (Å²) in [6.07, 6.45) is 0.186. The molecule has 0 saturated heterocycles. The van der Waals surface area contributed by atoms with Crippen LogP contribution in [0.5, 0.6) is 11.5 Å². The Bertz CT molecular complexity index is 805. The molecule has 0 atom stereocenters. The second kappa shape index (κ2) is 9.62. The molecule has 0 spiro atoms. The number of aryl methyl sites for hydroxylation is 1. The highest BCUT2D eigenvalue weighted by atomic mass is 16.5. The molecule has 6 heteroatoms. The van der Waals surface area contributed by atoms with Crippen LogP contribution < -0.4 is 14.8 Å². The lowest BCUT2D eigenvalue weighted by Crippen LogP contribution is -2.31. The smallest absolute Gasteiger partial charge is 0.226 e. The van der Waals surface area contributed by atoms with Gasteiger partial charge in [-0.15, -0.1) is 0 Å². The minimum Gasteiger partial charge on any atom is -0.496 e. The lowest BCUT2D eigenvalue weighted by atomic mass is 10.1. The van der Waals surface area contributed by atoms with Crippen LogP contribution in [0.1, 0.15) is 24.5 Å². The van der Waals surface area contributed by atoms with Crippen molar-refractivity contribution < 1.29 is 19.1 Å². The first-order valence-corrected chi connectivity index (χ1v) is 8.76. The van der Waals surface area contributed by atoms with E-state index >= 15 is 0 Å². The number of nitrogens with one attached hydrogen (secondary N) is 1. The summed E-state index contributed by atoms with van der Waals surface area (Å²) < 4.78 is 10.6. The Morgan fingerprint density at radius 2 is 1.74 bits per heavy atom. The molecular formula is C21H26N2O4. The second-order valence-electron chi connectivity index (χ2n) is 6.25. The lowest BCUT2D eigenvalue weighted by molar-refractivity contribution is -0.129. The normalized spacial score (nSPS) is 10.2. The van der Waals surface area contributed by atoms with Gasteiger partial charge >= 0.3 is 0 Å². The van der Waals surface area contributed by atoms with E-state index in [0.29, 0.717) is 24.5 Å². The first kappa shape index (κ1) is 20.3. The molecule has 27 heavy (non-hydrogen) atoms. The van der Waals surface area contributed by atoms with Gasteiger partial charge in [-0.1, -0.05) is 24.3 Å². The minimum atomic E-state index is -0.176. The number of carbonyl (C=O) groups excluding carboxylic acids is 2. The van der Waals surface area contributed by atoms with Crippen molar-refractivity contribution in [2.45, 2.75) is 26.8 Å². The van der Waals surface area contributed by atoms with Crippen LogP contribution in [0.25, 0.3) is 0 Å². The van der Waals surface area contributed by atoms with Crippen LogP contribution in [0.15, 0.2) is 42.5 Å². The highest BCUT2D eigenvalue weighted by Gasteiger charge is 2.15. The summed E-state index contributed by atoms with van der Waals surface area (Å²) in [5.74, 6) is 1.05. The summed E-state index contributed by atoms with van der Waals surface area (Å²) in [4.78, 5) is 26.0. The van der Waals surface area contributed by atoms with Crippen molar-refractivity contribution in [3.63, 3.8) is 0 Å². The Labute approximate surface area is 160 Å². The zero-order chi connectivity index (χ0) is 19.8. The first-order valence-electron chi connectivity index (χ1n) is 8.76. The summed E-state index contributed by atoms with van der Waals surface area (Å²) in [5.41, 5.74) is 2.55. The number of hydrogen-bond donors (Lipinski definition) is 1. The molecule has 2 rings (SSSR count). The average molecular weight is 370 g/mol. The predicted octanol–water partition coefficient (Wildman–Crippen LogP) is 3.39. The molecule has 144 valence electrons. The van der Waals surface area contributed by atoms with Crippen LogP contribution in [0.3, 0.4) is 0 Å². The van der Waals surface area contributed by atoms with Crippen LogP contribution in [0.2, 0.25) is 0 Å². The monoisotopic (exact) mass is 370 g/mol. The van der Waals surface area contributed by atoms with Gasteiger partial charge in [0.2, 0.25) is 11.8 Å². The van der Waals surface area contributed by atoms with Gasteiger partial charge in [0.25, 0.3) is 0 Å². The van der Waals surface area contributed by atoms with Gasteiger partial charge in [0.05, 0.1) is 19.9 Å². The minimum absolute atomic E-state index is 0.0955. The number of rotatable bonds is 8. The van der Waals surface area contributed by atoms with Crippen molar-refractivity contribution in [2.75, 3.05) is 26.1 Å². The molecule has 0 aromatic heterocycles. The zero-order valence-electron chi connectivity index (χ0n) is 16.2. The van der Waals surface area contributed by atoms with Gasteiger partial charge in [0.1, 0.15) is 11.5 Å². The summed E-state index contributed by atoms with van der Waals surface area (Å²) in [5, 5.41) is 2.86. The summed E-state index contributed by atoms with van der Waals surface area (Å²) in [7, 11) is 3.16. The molecule has 0 unspecified atom stereocenters. The highest BCUT2D eigenvalue weighted by Crippen LogP contribution is 2.25. The van der Waals surface area contributed by atoms with E-state index in [4.69, 9.17) is 9.47 Å². The third kappa shape index (κ3) is 5.74. The van der Waals surface area contributed by atoms with E-state index in [1.165, 1.54) is 6.92 Å². The predicted molar refractivity (Wildman–Crippen MR) is 105 cm³/mol. The van der Waals surface area contributed by atoms with Crippen LogP contribution in [-0.2, 0) is 16.1 Å². The van der Waals surface area contributed by atoms with E-state index in [1.807, 2.05) is 49.4 Å². The number of ether oxygens (including phenoxy) is 2. The number of para-hydroxylation sites is 1. The van der Waals surface area contributed by atoms with E-state index in [2.05, 4.69) is 5.32 Å². The topological polar surface area (TPSA) is 67.9 Å². The molecule has 0 bridgehead atoms. The molecule has 0 radical (unpaired) electrons. The Kier molecular flexibility index (Phi) is 7.23. The van der Waals surface area contributed by atoms with Gasteiger partial charge in [0.15, 0.2) is 0 Å². The van der Waals surface area contributed by atoms with Crippen LogP contribution >= 0.6 is 0 Å². The lowest BCUT2D eigenvalue weighted by Gasteiger charge is -2.22. The SMILES string of the molecule is COc1ccccc1CN(CCC(=O)Nc1cc(C)ccc1OC)C(C)=O. The van der Waals surface area contributed by atoms with Gasteiger partial charge in [-0.3, -0.25) is 9.59 Å². The average Bonchev–Trinajstić information content (AvgIpc) is 2.65. The number of anilines is 1. The van der Waals surface area contributed by atoms with Crippen molar-refractivity contribution in [3.05, 3.63) is 53.6 Å². The summed E-state index contributed by atoms with van der Waals surface area (Å²) in [6.45, 7) is 4.14. The molecule has 2 aromatic carbocycles. The summed E-state index contributed by atoms with van der Waals surface area (Å²) >= 11 is 0. The van der Waals surface area contributed by atoms with Crippen molar-refractivity contribution in [1.29, 1.82) is 0 Å². The Morgan fingerprint density at radius 3 is 2.41 bits per heavy atom. The van der Waals surface area contributed by atoms with E-state index in [0.717, 1.165) is 16.9 Å². The Hall–Kier alpha value is -3.02. The number of carbonyl (C=O) groups is 2. The van der Waals surface area contributed by atoms with Crippen LogP contribution in [0, 0.1) is 6.92 Å². The number of hydrogen-bond acceptors (Lipinski definition) is 4. The third-order valence-electron chi connectivity index (χ3n) is 4.24. The number of benzene rings is 2. The van der Waals surface area contributed by atoms with Gasteiger partial charge in [0, 0.05) is 32.0 Å². The fraction of sp³-hybridized carbons (Fsp3) is 0.333. The van der Waals surface area contributed by atoms with Gasteiger partial charge in [-0.05, 0) is 30.7 Å². The second-order valence-corrected chi connectivity index (χ2v) is 6.25. The van der Waals surface area contributed by atoms with Crippen molar-refractivity contribution in [2.24, 2.45) is 0 Å². The molecular weight excluding hydrogens is 344 g/mol. The fourth-order valence-corrected chi connectivity index (χ4v) is 2.76. The summed E-state index contributed by atoms with van der Waals surface area (Å²) in [6, 6.07) is 13.1. The van der Waals surface area contributed by atoms with E-state index < -0.39 is 0 Å². The van der Waals surface area contributed by atoms with Crippen molar-refractivity contribution in [1.82, 2.24) is 4.90 Å². The number of methoxy groups -OCH3 is 2. The van der Waals surface area contributed by atoms with Crippen LogP contribution in [0.4, 0.5) is 5.69 Å². The molecule has 0 aliphatic heterocycles. The fourth-order valence-electron chi connectivity index (χ4n) is 2.76. The molecule has 2 aromatic rings. The van der Waals surface area contributed by atoms with E-state index in [-0.39, 0.29) is 18.2 Å². The number of nitrogens with zero attached hydrogens (tertiary/aromatic N) is 1. The third-order valence-corrected chi connectivity index (χ3v) is 4.24. The quantitative estimate of drug-likeness (QED) is 0.773. The first-order chi connectivity index (χ1) is 12.9. The molecule has 0 saturated carbocycles. The molecule has 0 aliphatic carbocycles. The van der Waals surface area contributed by atoms with Gasteiger partial charge in [-0.25, -0.2) is 0 Å². The standard InChI is InChI=1S/C21H26N2O4/c1-15-9-10-20(27-4)18(13-15)22-21(25)11-12-23(16(2)24)14-17-7-5-6-8-19(17)26-3/h5-10,13H,11-12,14H2,1-4H3,(H,22,25). The van der Waals surface area contributed by atoms with Crippen LogP contribution in [-0.4, -0.2) is 37.5 Å².